The molecule has 43 heavy (non-hydrogen) atoms. The minimum atomic E-state index is 0.503. The van der Waals surface area contributed by atoms with Crippen LogP contribution in [0.3, 0.4) is 0 Å². The Kier molecular flexibility index (Phi) is 16.9. The lowest BCUT2D eigenvalue weighted by Gasteiger charge is -2.20. The number of hydrogen-bond donors (Lipinski definition) is 4. The molecule has 2 unspecified atom stereocenters. The van der Waals surface area contributed by atoms with Gasteiger partial charge in [-0.15, -0.1) is 47.0 Å². The molecule has 4 aromatic rings. The van der Waals surface area contributed by atoms with Crippen LogP contribution >= 0.6 is 109 Å². The van der Waals surface area contributed by atoms with Gasteiger partial charge in [0.2, 0.25) is 0 Å². The molecule has 0 aliphatic carbocycles. The van der Waals surface area contributed by atoms with Crippen LogP contribution in [0.4, 0.5) is 0 Å². The van der Waals surface area contributed by atoms with Gasteiger partial charge in [0.15, 0.2) is 0 Å². The van der Waals surface area contributed by atoms with Crippen molar-refractivity contribution in [2.45, 2.75) is 53.1 Å². The van der Waals surface area contributed by atoms with Gasteiger partial charge in [0.25, 0.3) is 0 Å². The van der Waals surface area contributed by atoms with E-state index in [9.17, 15) is 0 Å². The summed E-state index contributed by atoms with van der Waals surface area (Å²) in [5, 5.41) is 1.01. The summed E-state index contributed by atoms with van der Waals surface area (Å²) in [4.78, 5) is 5.31. The molecule has 4 rings (SSSR count). The summed E-state index contributed by atoms with van der Waals surface area (Å²) in [7, 11) is 0. The first-order valence-corrected chi connectivity index (χ1v) is 21.5. The first-order chi connectivity index (χ1) is 21.1. The smallest absolute Gasteiger partial charge is 0.0279 e. The molecular formula is C34H38S9. The zero-order valence-corrected chi connectivity index (χ0v) is 31.5. The third-order valence-corrected chi connectivity index (χ3v) is 14.9. The Morgan fingerprint density at radius 3 is 0.930 bits per heavy atom. The highest BCUT2D eigenvalue weighted by Crippen LogP contribution is 2.35. The lowest BCUT2D eigenvalue weighted by molar-refractivity contribution is 1.11. The highest BCUT2D eigenvalue weighted by molar-refractivity contribution is 8.07. The second-order valence-corrected chi connectivity index (χ2v) is 17.1. The van der Waals surface area contributed by atoms with E-state index in [0.29, 0.717) is 10.5 Å². The number of hydrogen-bond acceptors (Lipinski definition) is 9. The molecule has 0 bridgehead atoms. The van der Waals surface area contributed by atoms with Crippen LogP contribution in [0, 0.1) is 0 Å². The first kappa shape index (κ1) is 35.9. The largest absolute Gasteiger partial charge is 0.175 e. The maximum atomic E-state index is 4.43. The molecule has 0 spiro atoms. The molecule has 2 atom stereocenters. The van der Waals surface area contributed by atoms with Crippen LogP contribution < -0.4 is 0 Å². The highest BCUT2D eigenvalue weighted by Gasteiger charge is 2.17. The molecule has 0 nitrogen and oxygen atoms in total. The Morgan fingerprint density at radius 2 is 0.651 bits per heavy atom. The van der Waals surface area contributed by atoms with Crippen LogP contribution in [0.5, 0.6) is 0 Å². The Labute approximate surface area is 301 Å². The van der Waals surface area contributed by atoms with Gasteiger partial charge in [0.05, 0.1) is 0 Å². The zero-order valence-electron chi connectivity index (χ0n) is 23.9. The topological polar surface area (TPSA) is 0 Å². The van der Waals surface area contributed by atoms with Gasteiger partial charge in [-0.1, -0.05) is 48.5 Å². The molecule has 0 heterocycles. The summed E-state index contributed by atoms with van der Waals surface area (Å²) in [5.74, 6) is 7.46. The summed E-state index contributed by atoms with van der Waals surface area (Å²) in [5.41, 5.74) is 5.05. The molecule has 0 saturated carbocycles. The van der Waals surface area contributed by atoms with E-state index in [1.165, 1.54) is 41.8 Å². The van der Waals surface area contributed by atoms with Crippen LogP contribution in [-0.4, -0.2) is 33.5 Å². The summed E-state index contributed by atoms with van der Waals surface area (Å²) in [6.45, 7) is 0. The Balaban J connectivity index is 1.40. The fourth-order valence-corrected chi connectivity index (χ4v) is 11.2. The van der Waals surface area contributed by atoms with E-state index in [4.69, 9.17) is 0 Å². The van der Waals surface area contributed by atoms with Crippen LogP contribution in [0.1, 0.15) is 22.3 Å². The monoisotopic (exact) mass is 734 g/mol. The van der Waals surface area contributed by atoms with Crippen LogP contribution in [-0.2, 0) is 23.0 Å². The molecule has 0 fully saturated rings. The highest BCUT2D eigenvalue weighted by atomic mass is 32.2. The standard InChI is InChI=1S/C34H38S9/c35-17-25-1-9-29(10-2-25)40-23-33(42-31-13-5-27(19-37)6-14-31)21-39-22-34(43-32-15-7-28(20-38)8-16-32)24-41-30-11-3-26(18-36)4-12-30/h1-16,33-38H,17-24H2. The summed E-state index contributed by atoms with van der Waals surface area (Å²) >= 11 is 27.7. The Morgan fingerprint density at radius 1 is 0.372 bits per heavy atom. The van der Waals surface area contributed by atoms with E-state index in [0.717, 1.165) is 46.0 Å². The lowest BCUT2D eigenvalue weighted by atomic mass is 10.2. The van der Waals surface area contributed by atoms with E-state index < -0.39 is 0 Å². The molecular weight excluding hydrogens is 697 g/mol. The number of thiol groups is 4. The number of benzene rings is 4. The van der Waals surface area contributed by atoms with E-state index >= 15 is 0 Å². The van der Waals surface area contributed by atoms with Gasteiger partial charge in [0.1, 0.15) is 0 Å². The average Bonchev–Trinajstić information content (AvgIpc) is 3.07. The molecule has 0 N–H and O–H groups in total. The summed E-state index contributed by atoms with van der Waals surface area (Å²) in [6.07, 6.45) is 0. The minimum Gasteiger partial charge on any atom is -0.175 e. The van der Waals surface area contributed by atoms with E-state index in [2.05, 4.69) is 159 Å². The third kappa shape index (κ3) is 13.0. The number of rotatable bonds is 18. The quantitative estimate of drug-likeness (QED) is 0.0592. The van der Waals surface area contributed by atoms with Gasteiger partial charge in [-0.2, -0.15) is 62.3 Å². The van der Waals surface area contributed by atoms with Crippen LogP contribution in [0.2, 0.25) is 0 Å². The van der Waals surface area contributed by atoms with E-state index in [1.54, 1.807) is 0 Å². The van der Waals surface area contributed by atoms with Crippen molar-refractivity contribution in [3.8, 4) is 0 Å². The van der Waals surface area contributed by atoms with Crippen LogP contribution in [0.15, 0.2) is 117 Å². The molecule has 0 aromatic heterocycles. The fourth-order valence-electron chi connectivity index (χ4n) is 4.06. The predicted molar refractivity (Wildman–Crippen MR) is 215 cm³/mol. The van der Waals surface area contributed by atoms with Gasteiger partial charge < -0.3 is 0 Å². The predicted octanol–water partition coefficient (Wildman–Crippen LogP) is 11.3. The summed E-state index contributed by atoms with van der Waals surface area (Å²) in [6, 6.07) is 35.5. The van der Waals surface area contributed by atoms with Crippen molar-refractivity contribution in [1.29, 1.82) is 0 Å². The van der Waals surface area contributed by atoms with Crippen molar-refractivity contribution in [1.82, 2.24) is 0 Å². The molecule has 0 aliphatic heterocycles. The van der Waals surface area contributed by atoms with Crippen LogP contribution in [0.25, 0.3) is 0 Å². The van der Waals surface area contributed by atoms with Crippen molar-refractivity contribution >= 4 is 109 Å². The number of thioether (sulfide) groups is 5. The summed E-state index contributed by atoms with van der Waals surface area (Å²) < 4.78 is 0. The third-order valence-electron chi connectivity index (χ3n) is 6.51. The second kappa shape index (κ2) is 20.3. The van der Waals surface area contributed by atoms with Gasteiger partial charge in [-0.3, -0.25) is 0 Å². The SMILES string of the molecule is SCc1ccc(SCC(CSCC(CSc2ccc(CS)cc2)Sc2ccc(CS)cc2)Sc2ccc(CS)cc2)cc1. The lowest BCUT2D eigenvalue weighted by Crippen LogP contribution is -2.15. The van der Waals surface area contributed by atoms with Crippen molar-refractivity contribution in [2.24, 2.45) is 0 Å². The normalized spacial score (nSPS) is 12.7. The maximum Gasteiger partial charge on any atom is 0.0279 e. The van der Waals surface area contributed by atoms with Gasteiger partial charge in [-0.25, -0.2) is 0 Å². The molecule has 0 amide bonds. The van der Waals surface area contributed by atoms with Crippen molar-refractivity contribution in [3.63, 3.8) is 0 Å². The van der Waals surface area contributed by atoms with E-state index in [1.807, 2.05) is 47.0 Å². The Hall–Kier alpha value is 0.0300. The van der Waals surface area contributed by atoms with Gasteiger partial charge in [0, 0.05) is 76.1 Å². The first-order valence-electron chi connectivity index (χ1n) is 14.0. The average molecular weight is 735 g/mol. The van der Waals surface area contributed by atoms with Crippen molar-refractivity contribution in [3.05, 3.63) is 119 Å². The molecule has 228 valence electrons. The Bertz CT molecular complexity index is 1220. The molecule has 0 aliphatic rings. The second-order valence-electron chi connectivity index (χ2n) is 9.85. The maximum absolute atomic E-state index is 4.43. The molecule has 0 radical (unpaired) electrons. The van der Waals surface area contributed by atoms with Gasteiger partial charge >= 0.3 is 0 Å². The van der Waals surface area contributed by atoms with E-state index in [-0.39, 0.29) is 0 Å². The zero-order chi connectivity index (χ0) is 30.3. The molecule has 0 saturated heterocycles. The van der Waals surface area contributed by atoms with Crippen molar-refractivity contribution in [2.75, 3.05) is 23.0 Å². The molecule has 9 heteroatoms. The minimum absolute atomic E-state index is 0.503. The fraction of sp³-hybridized carbons (Fsp3) is 0.294. The van der Waals surface area contributed by atoms with Gasteiger partial charge in [-0.05, 0) is 70.8 Å². The van der Waals surface area contributed by atoms with Crippen molar-refractivity contribution < 1.29 is 0 Å². The molecule has 4 aromatic carbocycles.